The number of carbonyl (C=O) groups is 2. The van der Waals surface area contributed by atoms with E-state index in [2.05, 4.69) is 5.32 Å². The van der Waals surface area contributed by atoms with Crippen LogP contribution in [0.5, 0.6) is 0 Å². The number of halogens is 1. The van der Waals surface area contributed by atoms with Gasteiger partial charge in [-0.25, -0.2) is 0 Å². The molecule has 6 heteroatoms. The number of nitrogens with one attached hydrogen (secondary N) is 1. The normalized spacial score (nSPS) is 15.9. The molecule has 27 heavy (non-hydrogen) atoms. The molecule has 0 aromatic heterocycles. The number of amides is 2. The highest BCUT2D eigenvalue weighted by molar-refractivity contribution is 5.98. The minimum Gasteiger partial charge on any atom is -0.352 e. The van der Waals surface area contributed by atoms with Crippen LogP contribution in [0.15, 0.2) is 42.5 Å². The first kappa shape index (κ1) is 21.2. The number of rotatable bonds is 5. The number of carbonyl (C=O) groups excluding carboxylic acids is 2. The van der Waals surface area contributed by atoms with E-state index in [-0.39, 0.29) is 30.3 Å². The van der Waals surface area contributed by atoms with Crippen LogP contribution in [-0.2, 0) is 4.79 Å². The molecule has 146 valence electrons. The molecule has 1 saturated heterocycles. The fourth-order valence-electron chi connectivity index (χ4n) is 3.55. The third kappa shape index (κ3) is 5.44. The zero-order chi connectivity index (χ0) is 18.5. The van der Waals surface area contributed by atoms with Gasteiger partial charge in [0.1, 0.15) is 0 Å². The van der Waals surface area contributed by atoms with Crippen molar-refractivity contribution in [1.82, 2.24) is 10.2 Å². The van der Waals surface area contributed by atoms with Crippen LogP contribution in [0, 0.1) is 5.92 Å². The van der Waals surface area contributed by atoms with E-state index < -0.39 is 0 Å². The smallest absolute Gasteiger partial charge is 0.251 e. The van der Waals surface area contributed by atoms with E-state index in [0.717, 1.165) is 36.7 Å². The number of nitrogens with two attached hydrogens (primary N) is 1. The molecule has 3 N–H and O–H groups in total. The molecule has 0 spiro atoms. The summed E-state index contributed by atoms with van der Waals surface area (Å²) < 4.78 is 0. The summed E-state index contributed by atoms with van der Waals surface area (Å²) >= 11 is 0. The topological polar surface area (TPSA) is 75.4 Å². The highest BCUT2D eigenvalue weighted by Gasteiger charge is 2.24. The second-order valence-corrected chi connectivity index (χ2v) is 7.15. The highest BCUT2D eigenvalue weighted by atomic mass is 35.5. The molecule has 1 aliphatic heterocycles. The third-order valence-electron chi connectivity index (χ3n) is 5.27. The van der Waals surface area contributed by atoms with Crippen molar-refractivity contribution in [2.75, 3.05) is 19.6 Å². The molecule has 2 aromatic carbocycles. The lowest BCUT2D eigenvalue weighted by atomic mass is 9.91. The third-order valence-corrected chi connectivity index (χ3v) is 5.27. The largest absolute Gasteiger partial charge is 0.352 e. The van der Waals surface area contributed by atoms with Crippen LogP contribution in [0.3, 0.4) is 0 Å². The maximum Gasteiger partial charge on any atom is 0.251 e. The molecule has 1 atom stereocenters. The second kappa shape index (κ2) is 9.72. The van der Waals surface area contributed by atoms with Gasteiger partial charge in [0.15, 0.2) is 0 Å². The number of benzene rings is 2. The molecule has 0 bridgehead atoms. The van der Waals surface area contributed by atoms with Crippen LogP contribution < -0.4 is 11.1 Å². The lowest BCUT2D eigenvalue weighted by Gasteiger charge is -2.33. The summed E-state index contributed by atoms with van der Waals surface area (Å²) in [5.41, 5.74) is 6.56. The Bertz CT molecular complexity index is 786. The van der Waals surface area contributed by atoms with E-state index in [1.807, 2.05) is 54.3 Å². The Hall–Kier alpha value is -2.11. The SMILES string of the molecule is CC(N)C1CCN(C(=O)CCNC(=O)c2ccc3ccccc3c2)CC1.Cl. The molecule has 1 unspecified atom stereocenters. The minimum atomic E-state index is -0.140. The Morgan fingerprint density at radius 1 is 1.15 bits per heavy atom. The predicted octanol–water partition coefficient (Wildman–Crippen LogP) is 2.97. The van der Waals surface area contributed by atoms with Crippen molar-refractivity contribution in [2.24, 2.45) is 11.7 Å². The molecule has 0 saturated carbocycles. The Morgan fingerprint density at radius 2 is 1.81 bits per heavy atom. The summed E-state index contributed by atoms with van der Waals surface area (Å²) in [6.45, 7) is 3.93. The van der Waals surface area contributed by atoms with E-state index in [0.29, 0.717) is 24.4 Å². The molecule has 1 heterocycles. The number of hydrogen-bond donors (Lipinski definition) is 2. The van der Waals surface area contributed by atoms with Gasteiger partial charge >= 0.3 is 0 Å². The Balaban J connectivity index is 0.00000261. The van der Waals surface area contributed by atoms with E-state index in [1.165, 1.54) is 0 Å². The standard InChI is InChI=1S/C21H27N3O2.ClH/c1-15(22)16-9-12-24(13-10-16)20(25)8-11-23-21(26)19-7-6-17-4-2-3-5-18(17)14-19;/h2-7,14-16H,8-13,22H2,1H3,(H,23,26);1H. The van der Waals surface area contributed by atoms with Crippen LogP contribution >= 0.6 is 12.4 Å². The second-order valence-electron chi connectivity index (χ2n) is 7.15. The monoisotopic (exact) mass is 389 g/mol. The lowest BCUT2D eigenvalue weighted by molar-refractivity contribution is -0.132. The van der Waals surface area contributed by atoms with Gasteiger partial charge in [0.05, 0.1) is 0 Å². The molecule has 0 radical (unpaired) electrons. The average Bonchev–Trinajstić information content (AvgIpc) is 2.67. The van der Waals surface area contributed by atoms with E-state index in [1.54, 1.807) is 0 Å². The van der Waals surface area contributed by atoms with Crippen LogP contribution in [0.4, 0.5) is 0 Å². The van der Waals surface area contributed by atoms with Crippen molar-refractivity contribution in [1.29, 1.82) is 0 Å². The van der Waals surface area contributed by atoms with E-state index >= 15 is 0 Å². The van der Waals surface area contributed by atoms with Gasteiger partial charge in [0, 0.05) is 37.7 Å². The van der Waals surface area contributed by atoms with E-state index in [9.17, 15) is 9.59 Å². The van der Waals surface area contributed by atoms with Gasteiger partial charge in [0.2, 0.25) is 5.91 Å². The van der Waals surface area contributed by atoms with Gasteiger partial charge in [-0.2, -0.15) is 0 Å². The molecule has 5 nitrogen and oxygen atoms in total. The number of fused-ring (bicyclic) bond motifs is 1. The lowest BCUT2D eigenvalue weighted by Crippen LogP contribution is -2.43. The van der Waals surface area contributed by atoms with Gasteiger partial charge < -0.3 is 16.0 Å². The molecule has 1 aliphatic rings. The summed E-state index contributed by atoms with van der Waals surface area (Å²) in [6.07, 6.45) is 2.27. The zero-order valence-corrected chi connectivity index (χ0v) is 16.5. The predicted molar refractivity (Wildman–Crippen MR) is 111 cm³/mol. The highest BCUT2D eigenvalue weighted by Crippen LogP contribution is 2.20. The van der Waals surface area contributed by atoms with E-state index in [4.69, 9.17) is 5.73 Å². The average molecular weight is 390 g/mol. The molecular weight excluding hydrogens is 362 g/mol. The summed E-state index contributed by atoms with van der Waals surface area (Å²) in [5, 5.41) is 5.00. The molecule has 3 rings (SSSR count). The first-order valence-electron chi connectivity index (χ1n) is 9.35. The molecular formula is C21H28ClN3O2. The first-order valence-corrected chi connectivity index (χ1v) is 9.35. The van der Waals surface area contributed by atoms with Crippen molar-refractivity contribution in [3.63, 3.8) is 0 Å². The van der Waals surface area contributed by atoms with Crippen molar-refractivity contribution >= 4 is 35.0 Å². The number of piperidine rings is 1. The number of hydrogen-bond acceptors (Lipinski definition) is 3. The van der Waals surface area contributed by atoms with Crippen LogP contribution in [0.25, 0.3) is 10.8 Å². The van der Waals surface area contributed by atoms with Gasteiger partial charge in [-0.1, -0.05) is 30.3 Å². The summed E-state index contributed by atoms with van der Waals surface area (Å²) in [4.78, 5) is 26.5. The van der Waals surface area contributed by atoms with Gasteiger partial charge in [-0.3, -0.25) is 9.59 Å². The molecule has 2 aromatic rings. The van der Waals surface area contributed by atoms with Crippen molar-refractivity contribution < 1.29 is 9.59 Å². The fourth-order valence-corrected chi connectivity index (χ4v) is 3.55. The number of likely N-dealkylation sites (tertiary alicyclic amines) is 1. The Labute approximate surface area is 166 Å². The van der Waals surface area contributed by atoms with Crippen LogP contribution in [0.2, 0.25) is 0 Å². The maximum atomic E-state index is 12.3. The molecule has 0 aliphatic carbocycles. The Morgan fingerprint density at radius 3 is 2.48 bits per heavy atom. The maximum absolute atomic E-state index is 12.3. The molecule has 2 amide bonds. The first-order chi connectivity index (χ1) is 12.5. The van der Waals surface area contributed by atoms with Gasteiger partial charge in [0.25, 0.3) is 5.91 Å². The van der Waals surface area contributed by atoms with Crippen LogP contribution in [-0.4, -0.2) is 42.4 Å². The minimum absolute atomic E-state index is 0. The van der Waals surface area contributed by atoms with Crippen LogP contribution in [0.1, 0.15) is 36.5 Å². The summed E-state index contributed by atoms with van der Waals surface area (Å²) in [7, 11) is 0. The van der Waals surface area contributed by atoms with Crippen molar-refractivity contribution in [3.05, 3.63) is 48.0 Å². The number of nitrogens with zero attached hydrogens (tertiary/aromatic N) is 1. The van der Waals surface area contributed by atoms with Gasteiger partial charge in [-0.15, -0.1) is 12.4 Å². The van der Waals surface area contributed by atoms with Crippen molar-refractivity contribution in [2.45, 2.75) is 32.2 Å². The summed E-state index contributed by atoms with van der Waals surface area (Å²) in [5.74, 6) is 0.470. The summed E-state index contributed by atoms with van der Waals surface area (Å²) in [6, 6.07) is 13.8. The Kier molecular flexibility index (Phi) is 7.63. The fraction of sp³-hybridized carbons (Fsp3) is 0.429. The van der Waals surface area contributed by atoms with Gasteiger partial charge in [-0.05, 0) is 48.6 Å². The van der Waals surface area contributed by atoms with Crippen molar-refractivity contribution in [3.8, 4) is 0 Å². The zero-order valence-electron chi connectivity index (χ0n) is 15.7. The quantitative estimate of drug-likeness (QED) is 0.825. The molecule has 1 fully saturated rings.